The van der Waals surface area contributed by atoms with Gasteiger partial charge in [0.2, 0.25) is 0 Å². The van der Waals surface area contributed by atoms with Crippen molar-refractivity contribution in [3.8, 4) is 0 Å². The molecule has 0 nitrogen and oxygen atoms in total. The Hall–Kier alpha value is 0. The summed E-state index contributed by atoms with van der Waals surface area (Å²) in [4.78, 5) is 0. The molecule has 0 aromatic rings. The molecule has 0 heterocycles. The zero-order valence-corrected chi connectivity index (χ0v) is 3.91. The summed E-state index contributed by atoms with van der Waals surface area (Å²) in [5.74, 6) is 0. The van der Waals surface area contributed by atoms with E-state index in [0.717, 1.165) is 0 Å². The third kappa shape index (κ3) is 1.00. The lowest BCUT2D eigenvalue weighted by molar-refractivity contribution is 0.714. The van der Waals surface area contributed by atoms with Crippen LogP contribution in [0.25, 0.3) is 0 Å². The highest BCUT2D eigenvalue weighted by atomic mass is 14.0. The van der Waals surface area contributed by atoms with Crippen LogP contribution in [0.15, 0.2) is 0 Å². The summed E-state index contributed by atoms with van der Waals surface area (Å²) in [6.07, 6.45) is 10.5. The van der Waals surface area contributed by atoms with Gasteiger partial charge in [-0.15, -0.1) is 0 Å². The Labute approximate surface area is 39.6 Å². The van der Waals surface area contributed by atoms with Gasteiger partial charge >= 0.3 is 0 Å². The molecule has 0 aromatic carbocycles. The summed E-state index contributed by atoms with van der Waals surface area (Å²) < 4.78 is 0. The zero-order valence-electron chi connectivity index (χ0n) is 3.91. The maximum absolute atomic E-state index is 3.25. The van der Waals surface area contributed by atoms with E-state index in [-0.39, 0.29) is 0 Å². The Morgan fingerprint density at radius 2 is 1.83 bits per heavy atom. The smallest absolute Gasteiger partial charge is 0.0173 e. The van der Waals surface area contributed by atoms with Crippen LogP contribution < -0.4 is 0 Å². The van der Waals surface area contributed by atoms with Crippen molar-refractivity contribution >= 4 is 0 Å². The van der Waals surface area contributed by atoms with E-state index in [2.05, 4.69) is 12.8 Å². The maximum atomic E-state index is 3.25. The molecule has 0 bridgehead atoms. The molecule has 0 heteroatoms. The van der Waals surface area contributed by atoms with E-state index in [1.165, 1.54) is 25.7 Å². The van der Waals surface area contributed by atoms with Crippen LogP contribution in [0.2, 0.25) is 0 Å². The molecule has 0 aliphatic heterocycles. The van der Waals surface area contributed by atoms with E-state index < -0.39 is 0 Å². The average Bonchev–Trinajstić information content (AvgIpc) is 1.72. The van der Waals surface area contributed by atoms with Gasteiger partial charge in [0.25, 0.3) is 0 Å². The van der Waals surface area contributed by atoms with E-state index in [9.17, 15) is 0 Å². The molecule has 0 saturated heterocycles. The summed E-state index contributed by atoms with van der Waals surface area (Å²) in [6, 6.07) is 0. The van der Waals surface area contributed by atoms with Crippen molar-refractivity contribution in [3.63, 3.8) is 0 Å². The van der Waals surface area contributed by atoms with E-state index in [0.29, 0.717) is 0 Å². The van der Waals surface area contributed by atoms with E-state index in [4.69, 9.17) is 0 Å². The average molecular weight is 81.1 g/mol. The van der Waals surface area contributed by atoms with E-state index in [1.54, 1.807) is 0 Å². The van der Waals surface area contributed by atoms with Crippen molar-refractivity contribution in [2.45, 2.75) is 25.7 Å². The van der Waals surface area contributed by atoms with Gasteiger partial charge in [-0.05, 0) is 38.5 Å². The van der Waals surface area contributed by atoms with Crippen LogP contribution in [0.1, 0.15) is 25.7 Å². The van der Waals surface area contributed by atoms with Gasteiger partial charge in [-0.2, -0.15) is 0 Å². The van der Waals surface area contributed by atoms with Crippen LogP contribution >= 0.6 is 0 Å². The Balaban J connectivity index is 2.00. The summed E-state index contributed by atoms with van der Waals surface area (Å²) in [5, 5.41) is 0. The largest absolute Gasteiger partial charge is 0.0496 e. The number of hydrogen-bond donors (Lipinski definition) is 0. The highest BCUT2D eigenvalue weighted by Crippen LogP contribution is 2.13. The first-order chi connectivity index (χ1) is 3.00. The van der Waals surface area contributed by atoms with Gasteiger partial charge in [0.1, 0.15) is 0 Å². The van der Waals surface area contributed by atoms with Crippen LogP contribution in [0, 0.1) is 12.8 Å². The molecule has 0 atom stereocenters. The van der Waals surface area contributed by atoms with E-state index >= 15 is 0 Å². The van der Waals surface area contributed by atoms with Crippen molar-refractivity contribution in [1.29, 1.82) is 0 Å². The van der Waals surface area contributed by atoms with Gasteiger partial charge in [-0.3, -0.25) is 0 Å². The molecule has 1 aliphatic rings. The minimum Gasteiger partial charge on any atom is -0.0496 e. The Morgan fingerprint density at radius 3 is 2.00 bits per heavy atom. The molecule has 6 heavy (non-hydrogen) atoms. The standard InChI is InChI=1S/C6H9/c1-2-4-6-5-3-1/h1H,2-5H2. The summed E-state index contributed by atoms with van der Waals surface area (Å²) in [7, 11) is 0. The molecule has 1 rings (SSSR count). The van der Waals surface area contributed by atoms with Crippen LogP contribution in [0.3, 0.4) is 0 Å². The van der Waals surface area contributed by atoms with Crippen molar-refractivity contribution < 1.29 is 0 Å². The van der Waals surface area contributed by atoms with Gasteiger partial charge in [-0.25, -0.2) is 0 Å². The minimum atomic E-state index is 1.19. The first-order valence-electron chi connectivity index (χ1n) is 2.52. The minimum absolute atomic E-state index is 1.19. The fourth-order valence-corrected chi connectivity index (χ4v) is 0.678. The first kappa shape index (κ1) is 4.17. The normalized spacial score (nSPS) is 24.0. The second-order valence-corrected chi connectivity index (χ2v) is 1.62. The molecule has 0 spiro atoms. The van der Waals surface area contributed by atoms with Crippen molar-refractivity contribution in [2.75, 3.05) is 0 Å². The molecule has 0 N–H and O–H groups in total. The third-order valence-electron chi connectivity index (χ3n) is 1.05. The van der Waals surface area contributed by atoms with Gasteiger partial charge in [0.05, 0.1) is 0 Å². The van der Waals surface area contributed by atoms with Gasteiger partial charge in [0.15, 0.2) is 0 Å². The quantitative estimate of drug-likeness (QED) is 0.417. The number of rotatable bonds is 0. The lowest BCUT2D eigenvalue weighted by Crippen LogP contribution is -1.88. The van der Waals surface area contributed by atoms with Crippen molar-refractivity contribution in [2.24, 2.45) is 0 Å². The molecular weight excluding hydrogens is 72.1 g/mol. The predicted molar refractivity (Wildman–Crippen MR) is 26.0 cm³/mol. The summed E-state index contributed by atoms with van der Waals surface area (Å²) in [5.41, 5.74) is 0. The zero-order chi connectivity index (χ0) is 4.24. The molecule has 0 amide bonds. The summed E-state index contributed by atoms with van der Waals surface area (Å²) >= 11 is 0. The second-order valence-electron chi connectivity index (χ2n) is 1.62. The molecule has 1 aliphatic carbocycles. The lowest BCUT2D eigenvalue weighted by Gasteiger charge is -2.04. The van der Waals surface area contributed by atoms with Gasteiger partial charge in [-0.1, -0.05) is 0 Å². The van der Waals surface area contributed by atoms with Crippen LogP contribution in [0.5, 0.6) is 0 Å². The molecule has 1 fully saturated rings. The van der Waals surface area contributed by atoms with Gasteiger partial charge < -0.3 is 0 Å². The fourth-order valence-electron chi connectivity index (χ4n) is 0.678. The van der Waals surface area contributed by atoms with Crippen LogP contribution in [0.4, 0.5) is 0 Å². The first-order valence-corrected chi connectivity index (χ1v) is 2.52. The fraction of sp³-hybridized carbons (Fsp3) is 0.667. The lowest BCUT2D eigenvalue weighted by atomic mass is 10.0. The van der Waals surface area contributed by atoms with E-state index in [1.807, 2.05) is 0 Å². The monoisotopic (exact) mass is 81.1 g/mol. The predicted octanol–water partition coefficient (Wildman–Crippen LogP) is 1.85. The molecule has 0 unspecified atom stereocenters. The highest BCUT2D eigenvalue weighted by molar-refractivity contribution is 4.80. The maximum Gasteiger partial charge on any atom is -0.0173 e. The molecular formula is C6H9. The second kappa shape index (κ2) is 2.22. The molecule has 1 saturated carbocycles. The Morgan fingerprint density at radius 1 is 1.17 bits per heavy atom. The summed E-state index contributed by atoms with van der Waals surface area (Å²) in [6.45, 7) is 0. The van der Waals surface area contributed by atoms with Crippen molar-refractivity contribution in [1.82, 2.24) is 0 Å². The molecule has 3 radical (unpaired) electrons. The van der Waals surface area contributed by atoms with Crippen LogP contribution in [-0.4, -0.2) is 0 Å². The van der Waals surface area contributed by atoms with Gasteiger partial charge in [0, 0.05) is 0 Å². The molecule has 0 aromatic heterocycles. The number of hydrogen-bond acceptors (Lipinski definition) is 0. The SMILES string of the molecule is [C]1CC[CH]CC1. The molecule has 33 valence electrons. The van der Waals surface area contributed by atoms with Crippen molar-refractivity contribution in [3.05, 3.63) is 12.8 Å². The highest BCUT2D eigenvalue weighted by Gasteiger charge is 1.96. The topological polar surface area (TPSA) is 0 Å². The Kier molecular flexibility index (Phi) is 1.54. The van der Waals surface area contributed by atoms with Crippen LogP contribution in [-0.2, 0) is 0 Å². The Bertz CT molecular complexity index is 15.5. The third-order valence-corrected chi connectivity index (χ3v) is 1.05.